The van der Waals surface area contributed by atoms with Crippen LogP contribution in [0.25, 0.3) is 6.08 Å². The van der Waals surface area contributed by atoms with Gasteiger partial charge < -0.3 is 9.84 Å². The van der Waals surface area contributed by atoms with Crippen LogP contribution in [0.3, 0.4) is 0 Å². The van der Waals surface area contributed by atoms with E-state index >= 15 is 0 Å². The number of hydrogen-bond acceptors (Lipinski definition) is 4. The zero-order valence-electron chi connectivity index (χ0n) is 19.6. The van der Waals surface area contributed by atoms with E-state index < -0.39 is 5.97 Å². The van der Waals surface area contributed by atoms with Gasteiger partial charge in [0.05, 0.1) is 16.2 Å². The van der Waals surface area contributed by atoms with Crippen molar-refractivity contribution in [1.29, 1.82) is 0 Å². The lowest BCUT2D eigenvalue weighted by atomic mass is 9.89. The van der Waals surface area contributed by atoms with E-state index in [2.05, 4.69) is 73.2 Å². The first-order valence-corrected chi connectivity index (χ1v) is 13.9. The maximum Gasteiger partial charge on any atom is 0.335 e. The molecule has 1 heterocycles. The van der Waals surface area contributed by atoms with E-state index in [1.54, 1.807) is 12.1 Å². The lowest BCUT2D eigenvalue weighted by Crippen LogP contribution is -2.26. The first kappa shape index (κ1) is 24.5. The van der Waals surface area contributed by atoms with Crippen molar-refractivity contribution in [3.63, 3.8) is 0 Å². The van der Waals surface area contributed by atoms with Crippen LogP contribution in [0.4, 0.5) is 0 Å². The van der Waals surface area contributed by atoms with Crippen LogP contribution >= 0.6 is 23.5 Å². The van der Waals surface area contributed by atoms with Gasteiger partial charge in [-0.1, -0.05) is 60.7 Å². The Hall–Kier alpha value is -2.63. The Morgan fingerprint density at radius 2 is 1.79 bits per heavy atom. The van der Waals surface area contributed by atoms with Crippen LogP contribution in [0.15, 0.2) is 78.9 Å². The summed E-state index contributed by atoms with van der Waals surface area (Å²) in [6.45, 7) is 0.748. The molecule has 0 aliphatic carbocycles. The summed E-state index contributed by atoms with van der Waals surface area (Å²) < 4.78 is 6.03. The molecule has 1 unspecified atom stereocenters. The molecule has 1 aliphatic heterocycles. The highest BCUT2D eigenvalue weighted by Gasteiger charge is 2.37. The van der Waals surface area contributed by atoms with Crippen molar-refractivity contribution < 1.29 is 14.6 Å². The van der Waals surface area contributed by atoms with Crippen molar-refractivity contribution >= 4 is 35.6 Å². The van der Waals surface area contributed by atoms with Crippen LogP contribution in [0.5, 0.6) is 5.75 Å². The summed E-state index contributed by atoms with van der Waals surface area (Å²) in [5, 5.41) is 9.17. The Morgan fingerprint density at radius 1 is 1.06 bits per heavy atom. The van der Waals surface area contributed by atoms with E-state index in [1.165, 1.54) is 16.7 Å². The Balaban J connectivity index is 1.65. The van der Waals surface area contributed by atoms with Gasteiger partial charge in [0.25, 0.3) is 0 Å². The largest absolute Gasteiger partial charge is 0.493 e. The van der Waals surface area contributed by atoms with E-state index in [1.807, 2.05) is 35.7 Å². The summed E-state index contributed by atoms with van der Waals surface area (Å²) >= 11 is 3.79. The number of hydrogen-bond donors (Lipinski definition) is 1. The van der Waals surface area contributed by atoms with Crippen molar-refractivity contribution in [2.24, 2.45) is 0 Å². The van der Waals surface area contributed by atoms with E-state index in [0.717, 1.165) is 37.2 Å². The third-order valence-corrected chi connectivity index (χ3v) is 9.62. The van der Waals surface area contributed by atoms with Gasteiger partial charge in [-0.25, -0.2) is 4.79 Å². The fraction of sp³-hybridized carbons (Fsp3) is 0.276. The molecule has 0 bridgehead atoms. The molecule has 4 rings (SSSR count). The normalized spacial score (nSPS) is 15.5. The van der Waals surface area contributed by atoms with E-state index in [0.29, 0.717) is 5.56 Å². The second-order valence-corrected chi connectivity index (χ2v) is 10.9. The molecule has 3 aromatic carbocycles. The third-order valence-electron chi connectivity index (χ3n) is 6.46. The number of carboxylic acid groups (broad SMARTS) is 1. The molecule has 0 saturated heterocycles. The molecule has 0 aromatic heterocycles. The Kier molecular flexibility index (Phi) is 8.07. The number of carboxylic acids is 1. The monoisotopic (exact) mass is 490 g/mol. The van der Waals surface area contributed by atoms with Gasteiger partial charge in [0, 0.05) is 17.9 Å². The Bertz CT molecular complexity index is 1140. The highest BCUT2D eigenvalue weighted by Crippen LogP contribution is 2.53. The molecule has 176 valence electrons. The van der Waals surface area contributed by atoms with E-state index in [4.69, 9.17) is 9.84 Å². The summed E-state index contributed by atoms with van der Waals surface area (Å²) in [5.41, 5.74) is 5.19. The molecule has 0 saturated carbocycles. The van der Waals surface area contributed by atoms with Gasteiger partial charge in [-0.15, -0.1) is 23.5 Å². The van der Waals surface area contributed by atoms with Gasteiger partial charge in [-0.2, -0.15) is 0 Å². The highest BCUT2D eigenvalue weighted by molar-refractivity contribution is 8.16. The van der Waals surface area contributed by atoms with Crippen molar-refractivity contribution in [2.45, 2.75) is 29.3 Å². The highest BCUT2D eigenvalue weighted by atomic mass is 32.2. The van der Waals surface area contributed by atoms with Gasteiger partial charge in [-0.3, -0.25) is 0 Å². The molecule has 5 heteroatoms. The fourth-order valence-corrected chi connectivity index (χ4v) is 6.44. The molecular formula is C29H30O3S2. The van der Waals surface area contributed by atoms with Crippen LogP contribution in [0.1, 0.15) is 51.4 Å². The molecule has 1 atom stereocenters. The molecule has 34 heavy (non-hydrogen) atoms. The molecule has 0 fully saturated rings. The number of benzene rings is 3. The molecular weight excluding hydrogens is 460 g/mol. The zero-order valence-corrected chi connectivity index (χ0v) is 21.2. The average Bonchev–Trinajstić information content (AvgIpc) is 2.89. The SMILES string of the molecule is CSC1(SC)CCOc2ccc(C(C=Cc3ccc(C(=O)O)cc3)CCc3ccccc3)cc21. The topological polar surface area (TPSA) is 46.5 Å². The Morgan fingerprint density at radius 3 is 2.47 bits per heavy atom. The number of ether oxygens (including phenoxy) is 1. The van der Waals surface area contributed by atoms with Crippen LogP contribution in [-0.4, -0.2) is 30.2 Å². The van der Waals surface area contributed by atoms with Gasteiger partial charge in [0.2, 0.25) is 0 Å². The number of carbonyl (C=O) groups is 1. The number of fused-ring (bicyclic) bond motifs is 1. The predicted molar refractivity (Wildman–Crippen MR) is 145 cm³/mol. The molecule has 0 spiro atoms. The minimum atomic E-state index is -0.904. The number of aryl methyl sites for hydroxylation is 1. The van der Waals surface area contributed by atoms with Crippen molar-refractivity contribution in [2.75, 3.05) is 19.1 Å². The summed E-state index contributed by atoms with van der Waals surface area (Å²) in [7, 11) is 0. The lowest BCUT2D eigenvalue weighted by molar-refractivity contribution is 0.0697. The summed E-state index contributed by atoms with van der Waals surface area (Å²) in [6, 6.07) is 24.3. The molecule has 3 aromatic rings. The number of allylic oxidation sites excluding steroid dienone is 1. The predicted octanol–water partition coefficient (Wildman–Crippen LogP) is 7.48. The second-order valence-electron chi connectivity index (χ2n) is 8.43. The van der Waals surface area contributed by atoms with E-state index in [9.17, 15) is 4.79 Å². The Labute approximate surface area is 210 Å². The molecule has 0 radical (unpaired) electrons. The van der Waals surface area contributed by atoms with Crippen molar-refractivity contribution in [3.8, 4) is 5.75 Å². The first-order valence-electron chi connectivity index (χ1n) is 11.5. The van der Waals surface area contributed by atoms with Crippen LogP contribution in [0, 0.1) is 0 Å². The minimum absolute atomic E-state index is 0.0178. The first-order chi connectivity index (χ1) is 16.5. The van der Waals surface area contributed by atoms with E-state index in [-0.39, 0.29) is 10.00 Å². The molecule has 1 N–H and O–H groups in total. The molecule has 0 amide bonds. The standard InChI is InChI=1S/C29H30O3S2/c1-33-29(34-2)18-19-32-27-17-16-25(20-26(27)29)23(12-8-21-6-4-3-5-7-21)13-9-22-10-14-24(15-11-22)28(30)31/h3-7,9-11,13-17,20,23H,8,12,18-19H2,1-2H3,(H,30,31). The van der Waals surface area contributed by atoms with Gasteiger partial charge >= 0.3 is 5.97 Å². The smallest absolute Gasteiger partial charge is 0.335 e. The van der Waals surface area contributed by atoms with Gasteiger partial charge in [0.15, 0.2) is 0 Å². The maximum atomic E-state index is 11.2. The molecule has 3 nitrogen and oxygen atoms in total. The number of thioether (sulfide) groups is 2. The van der Waals surface area contributed by atoms with Crippen LogP contribution < -0.4 is 4.74 Å². The number of rotatable bonds is 9. The molecule has 1 aliphatic rings. The van der Waals surface area contributed by atoms with Crippen LogP contribution in [-0.2, 0) is 10.5 Å². The number of aromatic carboxylic acids is 1. The van der Waals surface area contributed by atoms with Crippen molar-refractivity contribution in [1.82, 2.24) is 0 Å². The van der Waals surface area contributed by atoms with Gasteiger partial charge in [0.1, 0.15) is 5.75 Å². The lowest BCUT2D eigenvalue weighted by Gasteiger charge is -2.36. The summed E-state index contributed by atoms with van der Waals surface area (Å²) in [6.07, 6.45) is 11.7. The maximum absolute atomic E-state index is 11.2. The average molecular weight is 491 g/mol. The van der Waals surface area contributed by atoms with Crippen LogP contribution in [0.2, 0.25) is 0 Å². The summed E-state index contributed by atoms with van der Waals surface area (Å²) in [4.78, 5) is 11.2. The fourth-order valence-electron chi connectivity index (χ4n) is 4.44. The minimum Gasteiger partial charge on any atom is -0.493 e. The quantitative estimate of drug-likeness (QED) is 0.315. The summed E-state index contributed by atoms with van der Waals surface area (Å²) in [5.74, 6) is 0.320. The van der Waals surface area contributed by atoms with Gasteiger partial charge in [-0.05, 0) is 66.3 Å². The second kappa shape index (κ2) is 11.2. The van der Waals surface area contributed by atoms with Crippen molar-refractivity contribution in [3.05, 3.63) is 107 Å². The third kappa shape index (κ3) is 5.53. The zero-order chi connectivity index (χ0) is 24.0.